The molecular formula is C20H22N4O2. The lowest BCUT2D eigenvalue weighted by atomic mass is 9.85. The van der Waals surface area contributed by atoms with Crippen molar-refractivity contribution in [3.05, 3.63) is 59.7 Å². The van der Waals surface area contributed by atoms with Crippen molar-refractivity contribution >= 4 is 11.8 Å². The van der Waals surface area contributed by atoms with E-state index in [-0.39, 0.29) is 11.8 Å². The molecule has 6 nitrogen and oxygen atoms in total. The first-order valence-corrected chi connectivity index (χ1v) is 8.99. The van der Waals surface area contributed by atoms with Gasteiger partial charge >= 0.3 is 0 Å². The molecule has 134 valence electrons. The lowest BCUT2D eigenvalue weighted by molar-refractivity contribution is -0.135. The number of carbonyl (C=O) groups excluding carboxylic acids is 2. The van der Waals surface area contributed by atoms with E-state index < -0.39 is 5.41 Å². The van der Waals surface area contributed by atoms with Gasteiger partial charge < -0.3 is 9.80 Å². The van der Waals surface area contributed by atoms with Gasteiger partial charge in [-0.3, -0.25) is 19.6 Å². The Morgan fingerprint density at radius 3 is 2.73 bits per heavy atom. The number of amides is 2. The number of aryl methyl sites for hydroxylation is 1. The third kappa shape index (κ3) is 2.96. The third-order valence-corrected chi connectivity index (χ3v) is 5.48. The van der Waals surface area contributed by atoms with Crippen molar-refractivity contribution < 1.29 is 9.59 Å². The Labute approximate surface area is 152 Å². The van der Waals surface area contributed by atoms with Crippen LogP contribution in [0.15, 0.2) is 42.7 Å². The summed E-state index contributed by atoms with van der Waals surface area (Å²) in [5.41, 5.74) is 1.94. The van der Waals surface area contributed by atoms with Crippen molar-refractivity contribution in [3.63, 3.8) is 0 Å². The summed E-state index contributed by atoms with van der Waals surface area (Å²) >= 11 is 0. The molecule has 0 N–H and O–H groups in total. The predicted molar refractivity (Wildman–Crippen MR) is 96.2 cm³/mol. The predicted octanol–water partition coefficient (Wildman–Crippen LogP) is 2.05. The fourth-order valence-electron chi connectivity index (χ4n) is 3.93. The van der Waals surface area contributed by atoms with Crippen LogP contribution in [0, 0.1) is 12.3 Å². The molecule has 2 aliphatic rings. The summed E-state index contributed by atoms with van der Waals surface area (Å²) in [4.78, 5) is 38.0. The molecule has 0 bridgehead atoms. The van der Waals surface area contributed by atoms with Gasteiger partial charge in [-0.15, -0.1) is 0 Å². The molecule has 2 aromatic heterocycles. The number of nitrogens with zero attached hydrogens (tertiary/aromatic N) is 4. The van der Waals surface area contributed by atoms with E-state index in [2.05, 4.69) is 9.97 Å². The van der Waals surface area contributed by atoms with Gasteiger partial charge in [0.2, 0.25) is 5.91 Å². The average molecular weight is 350 g/mol. The summed E-state index contributed by atoms with van der Waals surface area (Å²) < 4.78 is 0. The molecule has 1 atom stereocenters. The topological polar surface area (TPSA) is 66.4 Å². The summed E-state index contributed by atoms with van der Waals surface area (Å²) in [5.74, 6) is 0.117. The van der Waals surface area contributed by atoms with Crippen LogP contribution in [0.2, 0.25) is 0 Å². The smallest absolute Gasteiger partial charge is 0.255 e. The second kappa shape index (κ2) is 6.52. The number of rotatable bonds is 3. The molecule has 4 rings (SSSR count). The highest BCUT2D eigenvalue weighted by Crippen LogP contribution is 2.41. The fraction of sp³-hybridized carbons (Fsp3) is 0.400. The van der Waals surface area contributed by atoms with Gasteiger partial charge in [0.25, 0.3) is 5.91 Å². The molecular weight excluding hydrogens is 328 g/mol. The molecule has 0 unspecified atom stereocenters. The molecule has 2 aromatic rings. The minimum Gasteiger partial charge on any atom is -0.337 e. The molecule has 2 amide bonds. The number of aromatic nitrogens is 2. The normalized spacial score (nSPS) is 22.4. The van der Waals surface area contributed by atoms with Gasteiger partial charge in [0.1, 0.15) is 0 Å². The van der Waals surface area contributed by atoms with Crippen LogP contribution in [0.5, 0.6) is 0 Å². The van der Waals surface area contributed by atoms with Crippen LogP contribution in [0.25, 0.3) is 0 Å². The lowest BCUT2D eigenvalue weighted by Crippen LogP contribution is -2.38. The maximum absolute atomic E-state index is 13.0. The first-order chi connectivity index (χ1) is 12.6. The molecule has 2 fully saturated rings. The average Bonchev–Trinajstić information content (AvgIpc) is 3.23. The van der Waals surface area contributed by atoms with Crippen LogP contribution in [-0.2, 0) is 11.3 Å². The van der Waals surface area contributed by atoms with E-state index in [9.17, 15) is 9.59 Å². The summed E-state index contributed by atoms with van der Waals surface area (Å²) in [6.45, 7) is 4.28. The van der Waals surface area contributed by atoms with E-state index in [1.165, 1.54) is 0 Å². The van der Waals surface area contributed by atoms with E-state index in [1.54, 1.807) is 23.4 Å². The summed E-state index contributed by atoms with van der Waals surface area (Å²) in [5, 5.41) is 0. The van der Waals surface area contributed by atoms with Crippen molar-refractivity contribution in [1.29, 1.82) is 0 Å². The molecule has 0 saturated carbocycles. The minimum absolute atomic E-state index is 0.0367. The van der Waals surface area contributed by atoms with Crippen molar-refractivity contribution in [1.82, 2.24) is 19.8 Å². The quantitative estimate of drug-likeness (QED) is 0.850. The Bertz CT molecular complexity index is 821. The van der Waals surface area contributed by atoms with Crippen LogP contribution in [0.1, 0.15) is 34.6 Å². The van der Waals surface area contributed by atoms with E-state index in [4.69, 9.17) is 0 Å². The summed E-state index contributed by atoms with van der Waals surface area (Å²) in [6.07, 6.45) is 4.90. The Kier molecular flexibility index (Phi) is 4.18. The Balaban J connectivity index is 1.45. The van der Waals surface area contributed by atoms with Crippen LogP contribution < -0.4 is 0 Å². The van der Waals surface area contributed by atoms with Gasteiger partial charge in [0.15, 0.2) is 0 Å². The van der Waals surface area contributed by atoms with Crippen LogP contribution in [0.4, 0.5) is 0 Å². The summed E-state index contributed by atoms with van der Waals surface area (Å²) in [6, 6.07) is 9.39. The molecule has 26 heavy (non-hydrogen) atoms. The number of hydrogen-bond donors (Lipinski definition) is 0. The number of carbonyl (C=O) groups is 2. The van der Waals surface area contributed by atoms with Crippen molar-refractivity contribution in [2.24, 2.45) is 5.41 Å². The van der Waals surface area contributed by atoms with Crippen molar-refractivity contribution in [3.8, 4) is 0 Å². The molecule has 6 heteroatoms. The molecule has 4 heterocycles. The molecule has 0 radical (unpaired) electrons. The van der Waals surface area contributed by atoms with Crippen LogP contribution in [0.3, 0.4) is 0 Å². The zero-order chi connectivity index (χ0) is 18.1. The van der Waals surface area contributed by atoms with E-state index in [0.717, 1.165) is 30.8 Å². The number of pyridine rings is 2. The zero-order valence-corrected chi connectivity index (χ0v) is 14.9. The molecule has 2 saturated heterocycles. The molecule has 0 aromatic carbocycles. The van der Waals surface area contributed by atoms with Crippen molar-refractivity contribution in [2.75, 3.05) is 19.6 Å². The Morgan fingerprint density at radius 2 is 2.00 bits per heavy atom. The highest BCUT2D eigenvalue weighted by molar-refractivity contribution is 5.95. The monoisotopic (exact) mass is 350 g/mol. The van der Waals surface area contributed by atoms with Crippen LogP contribution >= 0.6 is 0 Å². The number of hydrogen-bond acceptors (Lipinski definition) is 4. The summed E-state index contributed by atoms with van der Waals surface area (Å²) in [7, 11) is 0. The Hall–Kier alpha value is -2.76. The number of likely N-dealkylation sites (tertiary alicyclic amines) is 2. The van der Waals surface area contributed by atoms with Crippen LogP contribution in [-0.4, -0.2) is 51.2 Å². The van der Waals surface area contributed by atoms with Gasteiger partial charge in [-0.2, -0.15) is 0 Å². The standard InChI is InChI=1S/C20H22N4O2/c1-15-5-6-16(12-22-15)18(25)24-11-8-20(14-24)7-10-23(19(20)26)13-17-4-2-3-9-21-17/h2-6,9,12H,7-8,10-11,13-14H2,1H3/t20-/m1/s1. The molecule has 0 aliphatic carbocycles. The lowest BCUT2D eigenvalue weighted by Gasteiger charge is -2.23. The fourth-order valence-corrected chi connectivity index (χ4v) is 3.93. The molecule has 2 aliphatic heterocycles. The SMILES string of the molecule is Cc1ccc(C(=O)N2CC[C@]3(CCN(Cc4ccccn4)C3=O)C2)cn1. The van der Waals surface area contributed by atoms with Gasteiger partial charge in [0, 0.05) is 37.7 Å². The largest absolute Gasteiger partial charge is 0.337 e. The van der Waals surface area contributed by atoms with Gasteiger partial charge in [-0.25, -0.2) is 0 Å². The highest BCUT2D eigenvalue weighted by Gasteiger charge is 2.51. The van der Waals surface area contributed by atoms with Gasteiger partial charge in [-0.1, -0.05) is 6.07 Å². The highest BCUT2D eigenvalue weighted by atomic mass is 16.2. The van der Waals surface area contributed by atoms with Gasteiger partial charge in [-0.05, 0) is 44.0 Å². The van der Waals surface area contributed by atoms with E-state index in [0.29, 0.717) is 25.2 Å². The first kappa shape index (κ1) is 16.7. The maximum Gasteiger partial charge on any atom is 0.255 e. The second-order valence-electron chi connectivity index (χ2n) is 7.24. The first-order valence-electron chi connectivity index (χ1n) is 8.99. The third-order valence-electron chi connectivity index (χ3n) is 5.48. The van der Waals surface area contributed by atoms with Crippen molar-refractivity contribution in [2.45, 2.75) is 26.3 Å². The Morgan fingerprint density at radius 1 is 1.15 bits per heavy atom. The van der Waals surface area contributed by atoms with E-state index in [1.807, 2.05) is 36.1 Å². The second-order valence-corrected chi connectivity index (χ2v) is 7.24. The van der Waals surface area contributed by atoms with E-state index >= 15 is 0 Å². The minimum atomic E-state index is -0.428. The maximum atomic E-state index is 13.0. The zero-order valence-electron chi connectivity index (χ0n) is 14.9. The molecule has 1 spiro atoms. The van der Waals surface area contributed by atoms with Gasteiger partial charge in [0.05, 0.1) is 23.2 Å².